The molecule has 0 spiro atoms. The number of aryl methyl sites for hydroxylation is 2. The number of fused-ring (bicyclic) bond motifs is 2. The number of benzene rings is 6. The van der Waals surface area contributed by atoms with Gasteiger partial charge in [-0.05, 0) is 107 Å². The Hall–Kier alpha value is -2.66. The molecule has 34 heteroatoms. The molecular weight excluding hydrogens is 1200 g/mol. The van der Waals surface area contributed by atoms with Crippen molar-refractivity contribution in [3.63, 3.8) is 0 Å². The third-order valence-electron chi connectivity index (χ3n) is 10.1. The molecule has 8 aromatic rings. The van der Waals surface area contributed by atoms with Gasteiger partial charge >= 0.3 is 152 Å². The van der Waals surface area contributed by atoms with Gasteiger partial charge in [-0.1, -0.05) is 47.9 Å². The summed E-state index contributed by atoms with van der Waals surface area (Å²) < 4.78 is 143. The van der Waals surface area contributed by atoms with Crippen molar-refractivity contribution in [1.82, 2.24) is 19.6 Å². The van der Waals surface area contributed by atoms with Crippen molar-refractivity contribution in [1.29, 1.82) is 0 Å². The van der Waals surface area contributed by atoms with Gasteiger partial charge in [0.05, 0.1) is 53.7 Å². The van der Waals surface area contributed by atoms with E-state index in [0.29, 0.717) is 12.1 Å². The molecule has 0 unspecified atom stereocenters. The third kappa shape index (κ3) is 14.1. The SMILES string of the molecule is Cc1nn(-c2ccc3c(S(=O)(=O)[O-])cc(S(=O)(=O)[O-])cc3c2)c([O-])c1N=Nc1ccc(-c2ccc(N=Nc3c(C)nn(-c4ccc5c(S(=O)(=O)[O-])cc(S(=O)(=O)[O-])cc5c4)c3[O-])c([O-])c2)cc1[O-].[Cu+2].[Cu+2].[Na+].[Na+].[Na+].[Na+]. The minimum absolute atomic E-state index is 0. The summed E-state index contributed by atoms with van der Waals surface area (Å²) in [5.41, 5.74) is -0.618. The summed E-state index contributed by atoms with van der Waals surface area (Å²) >= 11 is 0. The Morgan fingerprint density at radius 1 is 0.432 bits per heavy atom. The molecule has 0 amide bonds. The van der Waals surface area contributed by atoms with Gasteiger partial charge in [0.15, 0.2) is 0 Å². The quantitative estimate of drug-likeness (QED) is 0.0659. The zero-order valence-electron chi connectivity index (χ0n) is 38.6. The summed E-state index contributed by atoms with van der Waals surface area (Å²) in [6.07, 6.45) is 0. The molecule has 0 atom stereocenters. The van der Waals surface area contributed by atoms with Crippen molar-refractivity contribution >= 4 is 84.8 Å². The van der Waals surface area contributed by atoms with Gasteiger partial charge in [-0.25, -0.2) is 43.0 Å². The summed E-state index contributed by atoms with van der Waals surface area (Å²) in [4.78, 5) is -3.93. The van der Waals surface area contributed by atoms with Crippen molar-refractivity contribution in [3.8, 4) is 45.8 Å². The number of hydrogen-bond acceptors (Lipinski definition) is 22. The van der Waals surface area contributed by atoms with Crippen LogP contribution in [0.4, 0.5) is 22.7 Å². The zero-order chi connectivity index (χ0) is 49.4. The largest absolute Gasteiger partial charge is 2.00 e. The van der Waals surface area contributed by atoms with Crippen molar-refractivity contribution in [2.75, 3.05) is 0 Å². The predicted octanol–water partition coefficient (Wildman–Crippen LogP) is -8.60. The van der Waals surface area contributed by atoms with E-state index >= 15 is 0 Å². The molecule has 0 bridgehead atoms. The molecule has 0 aliphatic rings. The van der Waals surface area contributed by atoms with Crippen LogP contribution < -0.4 is 139 Å². The Morgan fingerprint density at radius 2 is 0.770 bits per heavy atom. The average Bonchev–Trinajstić information content (AvgIpc) is 3.70. The second-order valence-corrected chi connectivity index (χ2v) is 20.0. The number of hydrogen-bond donors (Lipinski definition) is 0. The Bertz CT molecular complexity index is 3780. The van der Waals surface area contributed by atoms with Crippen LogP contribution in [-0.4, -0.2) is 71.4 Å². The van der Waals surface area contributed by atoms with E-state index in [9.17, 15) is 72.3 Å². The van der Waals surface area contributed by atoms with Crippen molar-refractivity contribution in [2.24, 2.45) is 20.5 Å². The van der Waals surface area contributed by atoms with E-state index in [4.69, 9.17) is 0 Å². The van der Waals surface area contributed by atoms with E-state index in [1.54, 1.807) is 0 Å². The molecule has 0 aliphatic heterocycles. The van der Waals surface area contributed by atoms with E-state index in [1.807, 2.05) is 0 Å². The summed E-state index contributed by atoms with van der Waals surface area (Å²) in [6, 6.07) is 17.1. The Morgan fingerprint density at radius 3 is 1.07 bits per heavy atom. The average molecular weight is 1220 g/mol. The van der Waals surface area contributed by atoms with Crippen LogP contribution in [0.25, 0.3) is 44.0 Å². The molecule has 368 valence electrons. The van der Waals surface area contributed by atoms with E-state index in [-0.39, 0.29) is 231 Å². The van der Waals surface area contributed by atoms with Crippen LogP contribution in [0.1, 0.15) is 11.4 Å². The van der Waals surface area contributed by atoms with E-state index in [2.05, 4.69) is 30.7 Å². The van der Waals surface area contributed by atoms with E-state index in [1.165, 1.54) is 50.2 Å². The summed E-state index contributed by atoms with van der Waals surface area (Å²) in [7, 11) is -20.9. The first-order valence-electron chi connectivity index (χ1n) is 18.7. The fourth-order valence-electron chi connectivity index (χ4n) is 6.89. The van der Waals surface area contributed by atoms with Crippen LogP contribution in [0.5, 0.6) is 23.3 Å². The monoisotopic (exact) mass is 1220 g/mol. The number of nitrogens with zero attached hydrogens (tertiary/aromatic N) is 8. The molecule has 6 aromatic carbocycles. The van der Waals surface area contributed by atoms with Crippen LogP contribution in [-0.2, 0) is 74.6 Å². The van der Waals surface area contributed by atoms with Gasteiger partial charge in [0, 0.05) is 11.8 Å². The molecule has 8 rings (SSSR count). The van der Waals surface area contributed by atoms with Gasteiger partial charge in [0.25, 0.3) is 0 Å². The molecular formula is C40H22Cu2N8Na4O16S4. The topological polar surface area (TPSA) is 406 Å². The molecule has 2 aromatic heterocycles. The molecule has 2 heterocycles. The second kappa shape index (κ2) is 25.4. The smallest absolute Gasteiger partial charge is 0.871 e. The van der Waals surface area contributed by atoms with E-state index in [0.717, 1.165) is 57.9 Å². The first-order valence-corrected chi connectivity index (χ1v) is 24.3. The minimum Gasteiger partial charge on any atom is -0.871 e. The van der Waals surface area contributed by atoms with Gasteiger partial charge in [0.2, 0.25) is 0 Å². The summed E-state index contributed by atoms with van der Waals surface area (Å²) in [5, 5.41) is 75.9. The van der Waals surface area contributed by atoms with E-state index < -0.39 is 83.3 Å². The molecule has 0 N–H and O–H groups in total. The molecule has 74 heavy (non-hydrogen) atoms. The molecule has 0 aliphatic carbocycles. The normalized spacial score (nSPS) is 11.8. The van der Waals surface area contributed by atoms with Gasteiger partial charge in [-0.15, -0.1) is 10.2 Å². The van der Waals surface area contributed by atoms with Crippen LogP contribution in [0.2, 0.25) is 0 Å². The molecule has 0 saturated carbocycles. The molecule has 24 nitrogen and oxygen atoms in total. The number of aromatic nitrogens is 4. The third-order valence-corrected chi connectivity index (χ3v) is 13.5. The standard InChI is InChI=1S/C40H30N8O16S4.2Cu.4Na/c1-19-37(39(51)47(45-19)25-5-7-29-23(11-25)13-27(65(53,54)55)17-35(29)67(59,60)61)43-41-31-9-3-21(15-33(31)49)22-4-10-32(34(50)16-22)42-44-38-20(2)46-48(40(38)52)26-6-8-30-24(12-26)14-28(66(56,57)58)18-36(30)68(62,63)64;;;;;;/h3-18,49-52H,1-2H3,(H,53,54,55)(H,56,57,58)(H,59,60,61)(H,62,63,64);;;;;;/q;2*+2;4*+1/p-8. The fraction of sp³-hybridized carbons (Fsp3) is 0.0500. The summed E-state index contributed by atoms with van der Waals surface area (Å²) in [5.74, 6) is -3.10. The van der Waals surface area contributed by atoms with Gasteiger partial charge < -0.3 is 38.6 Å². The van der Waals surface area contributed by atoms with Crippen molar-refractivity contribution in [3.05, 3.63) is 108 Å². The van der Waals surface area contributed by atoms with Crippen molar-refractivity contribution < 1.29 is 225 Å². The maximum absolute atomic E-state index is 13.4. The van der Waals surface area contributed by atoms with Crippen LogP contribution in [0, 0.1) is 13.8 Å². The molecule has 0 fully saturated rings. The van der Waals surface area contributed by atoms with Gasteiger partial charge in [0.1, 0.15) is 51.8 Å². The number of rotatable bonds is 11. The Labute approximate surface area is 529 Å². The number of azo groups is 2. The maximum atomic E-state index is 13.4. The van der Waals surface area contributed by atoms with Gasteiger partial charge in [-0.2, -0.15) is 20.4 Å². The summed E-state index contributed by atoms with van der Waals surface area (Å²) in [6.45, 7) is 2.78. The van der Waals surface area contributed by atoms with Crippen LogP contribution in [0.15, 0.2) is 137 Å². The van der Waals surface area contributed by atoms with Crippen LogP contribution >= 0.6 is 0 Å². The molecule has 2 radical (unpaired) electrons. The first kappa shape index (κ1) is 67.4. The van der Waals surface area contributed by atoms with Crippen LogP contribution in [0.3, 0.4) is 0 Å². The van der Waals surface area contributed by atoms with Crippen molar-refractivity contribution in [2.45, 2.75) is 33.4 Å². The predicted molar refractivity (Wildman–Crippen MR) is 221 cm³/mol. The Kier molecular flexibility index (Phi) is 23.2. The molecule has 0 saturated heterocycles. The first-order chi connectivity index (χ1) is 31.7. The second-order valence-electron chi connectivity index (χ2n) is 14.5. The Balaban J connectivity index is 0.00000312. The fourth-order valence-corrected chi connectivity index (χ4v) is 9.56. The van der Waals surface area contributed by atoms with Gasteiger partial charge in [-0.3, -0.25) is 0 Å². The zero-order valence-corrected chi connectivity index (χ0v) is 51.7. The minimum atomic E-state index is -5.24. The maximum Gasteiger partial charge on any atom is 2.00 e.